The molecule has 46 valence electrons. The number of nitrogens with zero attached hydrogens (tertiary/aromatic N) is 2. The molecule has 0 heterocycles. The first-order chi connectivity index (χ1) is 3.33. The van der Waals surface area contributed by atoms with Gasteiger partial charge in [-0.3, -0.25) is 0 Å². The summed E-state index contributed by atoms with van der Waals surface area (Å²) in [6, 6.07) is 0. The van der Waals surface area contributed by atoms with Gasteiger partial charge in [0.2, 0.25) is 0 Å². The van der Waals surface area contributed by atoms with Gasteiger partial charge in [0.05, 0.1) is 0 Å². The van der Waals surface area contributed by atoms with Crippen molar-refractivity contribution in [3.8, 4) is 10.5 Å². The Hall–Kier alpha value is 0.261. The summed E-state index contributed by atoms with van der Waals surface area (Å²) in [6.07, 6.45) is 1.35. The Morgan fingerprint density at radius 2 is 1.57 bits per heavy atom. The van der Waals surface area contributed by atoms with E-state index in [1.807, 2.05) is 0 Å². The van der Waals surface area contributed by atoms with Gasteiger partial charge >= 0.3 is 66.8 Å². The molecular formula is C2Ag2N2O. The molecule has 0 aliphatic rings. The van der Waals surface area contributed by atoms with E-state index in [1.54, 1.807) is 4.29 Å². The molecule has 0 aromatic rings. The quantitative estimate of drug-likeness (QED) is 0.463. The van der Waals surface area contributed by atoms with Crippen molar-refractivity contribution in [2.24, 2.45) is 0 Å². The third kappa shape index (κ3) is 71.5. The fraction of sp³-hybridized carbons (Fsp3) is 0. The first-order valence-electron chi connectivity index (χ1n) is 0.925. The monoisotopic (exact) mass is 282 g/mol. The van der Waals surface area contributed by atoms with Gasteiger partial charge in [-0.05, 0) is 0 Å². The summed E-state index contributed by atoms with van der Waals surface area (Å²) in [5.41, 5.74) is 0. The molecule has 7 heavy (non-hydrogen) atoms. The second kappa shape index (κ2) is 16.3. The number of nitriles is 2. The van der Waals surface area contributed by atoms with Crippen LogP contribution >= 0.6 is 0 Å². The number of hydrogen-bond acceptors (Lipinski definition) is 3. The van der Waals surface area contributed by atoms with Gasteiger partial charge in [0.15, 0.2) is 0 Å². The summed E-state index contributed by atoms with van der Waals surface area (Å²) >= 11 is 4.87. The Labute approximate surface area is 66.6 Å². The van der Waals surface area contributed by atoms with Crippen molar-refractivity contribution >= 4 is 0 Å². The van der Waals surface area contributed by atoms with Gasteiger partial charge in [-0.2, -0.15) is 0 Å². The summed E-state index contributed by atoms with van der Waals surface area (Å²) in [4.78, 5) is 0. The molecule has 0 bridgehead atoms. The van der Waals surface area contributed by atoms with E-state index < -0.39 is 0 Å². The molecule has 0 amide bonds. The molecule has 0 saturated carbocycles. The van der Waals surface area contributed by atoms with E-state index in [0.29, 0.717) is 0 Å². The Bertz CT molecular complexity index is 90.8. The van der Waals surface area contributed by atoms with Crippen LogP contribution in [0.5, 0.6) is 0 Å². The van der Waals surface area contributed by atoms with Crippen LogP contribution in [0, 0.1) is 21.1 Å². The summed E-state index contributed by atoms with van der Waals surface area (Å²) in [6.45, 7) is 0. The van der Waals surface area contributed by atoms with E-state index in [-0.39, 0.29) is 0 Å². The number of rotatable bonds is 0. The van der Waals surface area contributed by atoms with E-state index in [0.717, 1.165) is 0 Å². The van der Waals surface area contributed by atoms with Crippen molar-refractivity contribution in [2.45, 2.75) is 0 Å². The molecule has 0 spiro atoms. The summed E-state index contributed by atoms with van der Waals surface area (Å²) in [7, 11) is 0. The zero-order chi connectivity index (χ0) is 6.12. The first-order valence-corrected chi connectivity index (χ1v) is 2.27. The van der Waals surface area contributed by atoms with Crippen molar-refractivity contribution in [2.75, 3.05) is 0 Å². The van der Waals surface area contributed by atoms with Gasteiger partial charge in [-0.25, -0.2) is 0 Å². The molecule has 0 aliphatic carbocycles. The predicted molar refractivity (Wildman–Crippen MR) is 12.3 cm³/mol. The van der Waals surface area contributed by atoms with Crippen molar-refractivity contribution < 1.29 is 45.8 Å². The van der Waals surface area contributed by atoms with Crippen molar-refractivity contribution in [1.82, 2.24) is 0 Å². The third-order valence-corrected chi connectivity index (χ3v) is 0.163. The van der Waals surface area contributed by atoms with Crippen molar-refractivity contribution in [3.63, 3.8) is 0 Å². The zero-order valence-corrected chi connectivity index (χ0v) is 5.87. The van der Waals surface area contributed by atoms with Crippen LogP contribution in [0.1, 0.15) is 0 Å². The van der Waals surface area contributed by atoms with Gasteiger partial charge in [0.25, 0.3) is 0 Å². The van der Waals surface area contributed by atoms with Gasteiger partial charge in [0, 0.05) is 0 Å². The molecule has 0 radical (unpaired) electrons. The molecule has 0 aliphatic heterocycles. The fourth-order valence-electron chi connectivity index (χ4n) is 0. The Balaban J connectivity index is 0. The molecule has 0 aromatic heterocycles. The normalized spacial score (nSPS) is 3.71. The summed E-state index contributed by atoms with van der Waals surface area (Å²) in [5, 5.41) is 14.6. The zero-order valence-electron chi connectivity index (χ0n) is 2.91. The maximum absolute atomic E-state index is 7.36. The molecule has 0 aromatic carbocycles. The molecular weight excluding hydrogens is 284 g/mol. The van der Waals surface area contributed by atoms with E-state index >= 15 is 0 Å². The standard InChI is InChI=1S/CHNO.CN.2Ag/c2-1-3;1-2;;/h3H;;;/q;;;+1/p-1. The Morgan fingerprint density at radius 1 is 1.43 bits per heavy atom. The molecule has 0 rings (SSSR count). The average molecular weight is 284 g/mol. The fourth-order valence-corrected chi connectivity index (χ4v) is 0. The maximum atomic E-state index is 7.36. The Kier molecular flexibility index (Phi) is 23.9. The molecule has 0 saturated heterocycles. The van der Waals surface area contributed by atoms with Crippen LogP contribution < -0.4 is 0 Å². The van der Waals surface area contributed by atoms with Crippen LogP contribution in [0.15, 0.2) is 0 Å². The van der Waals surface area contributed by atoms with Crippen molar-refractivity contribution in [3.05, 3.63) is 0 Å². The van der Waals surface area contributed by atoms with E-state index in [1.165, 1.54) is 6.26 Å². The average Bonchev–Trinajstić information content (AvgIpc) is 1.69. The van der Waals surface area contributed by atoms with E-state index in [4.69, 9.17) is 10.5 Å². The molecule has 0 N–H and O–H groups in total. The predicted octanol–water partition coefficient (Wildman–Crippen LogP) is -0.0398. The topological polar surface area (TPSA) is 56.8 Å². The molecule has 0 fully saturated rings. The van der Waals surface area contributed by atoms with Gasteiger partial charge in [0.1, 0.15) is 0 Å². The van der Waals surface area contributed by atoms with Crippen LogP contribution in [0.4, 0.5) is 0 Å². The van der Waals surface area contributed by atoms with Gasteiger partial charge < -0.3 is 0 Å². The second-order valence-electron chi connectivity index (χ2n) is 0.220. The van der Waals surface area contributed by atoms with Gasteiger partial charge in [-0.15, -0.1) is 0 Å². The van der Waals surface area contributed by atoms with E-state index in [2.05, 4.69) is 45.8 Å². The minimum absolute atomic E-state index is 1.35. The first kappa shape index (κ1) is 10.3. The van der Waals surface area contributed by atoms with Crippen LogP contribution in [0.25, 0.3) is 0 Å². The summed E-state index contributed by atoms with van der Waals surface area (Å²) in [5.74, 6) is 0. The third-order valence-electron chi connectivity index (χ3n) is 0.0275. The minimum atomic E-state index is 1.35. The van der Waals surface area contributed by atoms with Gasteiger partial charge in [-0.1, -0.05) is 0 Å². The SMILES string of the molecule is N#C[O][Ag].N#[C][Ag]. The molecule has 5 heteroatoms. The Morgan fingerprint density at radius 3 is 1.57 bits per heavy atom. The van der Waals surface area contributed by atoms with E-state index in [9.17, 15) is 0 Å². The molecule has 3 nitrogen and oxygen atoms in total. The summed E-state index contributed by atoms with van der Waals surface area (Å²) < 4.78 is 5.22. The number of hydrogen-bond donors (Lipinski definition) is 0. The van der Waals surface area contributed by atoms with Crippen LogP contribution in [0.3, 0.4) is 0 Å². The van der Waals surface area contributed by atoms with Crippen LogP contribution in [-0.4, -0.2) is 0 Å². The van der Waals surface area contributed by atoms with Crippen LogP contribution in [0.2, 0.25) is 0 Å². The van der Waals surface area contributed by atoms with Crippen LogP contribution in [-0.2, 0) is 45.8 Å². The van der Waals surface area contributed by atoms with Crippen molar-refractivity contribution in [1.29, 1.82) is 10.5 Å². The molecule has 0 unspecified atom stereocenters. The second-order valence-corrected chi connectivity index (χ2v) is 0.854. The molecule has 0 atom stereocenters.